The molecule has 1 aliphatic rings. The third-order valence-electron chi connectivity index (χ3n) is 5.93. The maximum atomic E-state index is 13.0. The Bertz CT molecular complexity index is 1210. The number of anilines is 1. The zero-order valence-electron chi connectivity index (χ0n) is 18.0. The average Bonchev–Trinajstić information content (AvgIpc) is 2.84. The van der Waals surface area contributed by atoms with E-state index >= 15 is 0 Å². The van der Waals surface area contributed by atoms with Gasteiger partial charge in [0.1, 0.15) is 4.90 Å². The van der Waals surface area contributed by atoms with Gasteiger partial charge in [0.25, 0.3) is 15.9 Å². The van der Waals surface area contributed by atoms with Gasteiger partial charge in [0.15, 0.2) is 0 Å². The van der Waals surface area contributed by atoms with Crippen LogP contribution in [0.25, 0.3) is 0 Å². The summed E-state index contributed by atoms with van der Waals surface area (Å²) in [5.41, 5.74) is 1.56. The summed E-state index contributed by atoms with van der Waals surface area (Å²) in [6, 6.07) is 22.9. The number of benzene rings is 3. The second-order valence-electron chi connectivity index (χ2n) is 8.06. The molecule has 0 bridgehead atoms. The lowest BCUT2D eigenvalue weighted by Crippen LogP contribution is -2.44. The van der Waals surface area contributed by atoms with Crippen molar-refractivity contribution in [1.29, 1.82) is 0 Å². The van der Waals surface area contributed by atoms with Crippen molar-refractivity contribution in [2.45, 2.75) is 23.2 Å². The third-order valence-corrected chi connectivity index (χ3v) is 7.80. The highest BCUT2D eigenvalue weighted by Gasteiger charge is 2.35. The monoisotopic (exact) mass is 484 g/mol. The molecule has 3 aromatic carbocycles. The van der Waals surface area contributed by atoms with Gasteiger partial charge in [-0.3, -0.25) is 9.52 Å². The predicted molar refractivity (Wildman–Crippen MR) is 129 cm³/mol. The molecule has 1 amide bonds. The molecule has 1 heterocycles. The first-order chi connectivity index (χ1) is 15.9. The van der Waals surface area contributed by atoms with Gasteiger partial charge in [-0.25, -0.2) is 8.42 Å². The SMILES string of the molecule is O=C(NCC1(c2ccccc2)CCOCC1)c1ccc(Cl)c(S(=O)(=O)Nc2ccccc2)c1. The molecule has 0 spiro atoms. The Balaban J connectivity index is 1.54. The Morgan fingerprint density at radius 2 is 1.58 bits per heavy atom. The van der Waals surface area contributed by atoms with Gasteiger partial charge in [-0.15, -0.1) is 0 Å². The standard InChI is InChI=1S/C25H25ClN2O4S/c26-22-12-11-19(17-23(22)33(30,31)28-21-9-5-2-6-10-21)24(29)27-18-25(13-15-32-16-14-25)20-7-3-1-4-8-20/h1-12,17,28H,13-16,18H2,(H,27,29). The third kappa shape index (κ3) is 5.38. The van der Waals surface area contributed by atoms with Gasteiger partial charge < -0.3 is 10.1 Å². The lowest BCUT2D eigenvalue weighted by molar-refractivity contribution is 0.0487. The van der Waals surface area contributed by atoms with E-state index in [9.17, 15) is 13.2 Å². The summed E-state index contributed by atoms with van der Waals surface area (Å²) in [6.07, 6.45) is 1.58. The summed E-state index contributed by atoms with van der Waals surface area (Å²) in [6.45, 7) is 1.67. The van der Waals surface area contributed by atoms with E-state index in [0.717, 1.165) is 18.4 Å². The lowest BCUT2D eigenvalue weighted by atomic mass is 9.74. The normalized spacial score (nSPS) is 15.5. The van der Waals surface area contributed by atoms with Crippen LogP contribution in [0.3, 0.4) is 0 Å². The molecule has 6 nitrogen and oxygen atoms in total. The van der Waals surface area contributed by atoms with Crippen LogP contribution in [0, 0.1) is 0 Å². The van der Waals surface area contributed by atoms with Gasteiger partial charge in [-0.05, 0) is 48.7 Å². The summed E-state index contributed by atoms with van der Waals surface area (Å²) in [5, 5.41) is 3.04. The largest absolute Gasteiger partial charge is 0.381 e. The van der Waals surface area contributed by atoms with Crippen molar-refractivity contribution in [3.05, 3.63) is 95.0 Å². The highest BCUT2D eigenvalue weighted by molar-refractivity contribution is 7.92. The Kier molecular flexibility index (Phi) is 7.02. The first-order valence-corrected chi connectivity index (χ1v) is 12.5. The molecule has 1 aliphatic heterocycles. The molecular weight excluding hydrogens is 460 g/mol. The minimum atomic E-state index is -3.97. The maximum Gasteiger partial charge on any atom is 0.263 e. The minimum absolute atomic E-state index is 0.0418. The Labute approximate surface area is 199 Å². The molecule has 0 atom stereocenters. The number of rotatable bonds is 7. The highest BCUT2D eigenvalue weighted by atomic mass is 35.5. The zero-order valence-corrected chi connectivity index (χ0v) is 19.5. The lowest BCUT2D eigenvalue weighted by Gasteiger charge is -2.38. The fraction of sp³-hybridized carbons (Fsp3) is 0.240. The van der Waals surface area contributed by atoms with Crippen molar-refractivity contribution in [2.75, 3.05) is 24.5 Å². The number of para-hydroxylation sites is 1. The second-order valence-corrected chi connectivity index (χ2v) is 10.1. The minimum Gasteiger partial charge on any atom is -0.381 e. The number of hydrogen-bond acceptors (Lipinski definition) is 4. The highest BCUT2D eigenvalue weighted by Crippen LogP contribution is 2.34. The van der Waals surface area contributed by atoms with E-state index < -0.39 is 10.0 Å². The number of carbonyl (C=O) groups is 1. The number of halogens is 1. The number of nitrogens with one attached hydrogen (secondary N) is 2. The van der Waals surface area contributed by atoms with Crippen molar-refractivity contribution in [1.82, 2.24) is 5.32 Å². The van der Waals surface area contributed by atoms with E-state index in [1.165, 1.54) is 18.2 Å². The van der Waals surface area contributed by atoms with Crippen LogP contribution in [0.15, 0.2) is 83.8 Å². The molecule has 4 rings (SSSR count). The van der Waals surface area contributed by atoms with Crippen molar-refractivity contribution in [3.8, 4) is 0 Å². The number of amides is 1. The molecule has 0 unspecified atom stereocenters. The molecular formula is C25H25ClN2O4S. The average molecular weight is 485 g/mol. The van der Waals surface area contributed by atoms with Crippen molar-refractivity contribution < 1.29 is 17.9 Å². The van der Waals surface area contributed by atoms with Gasteiger partial charge in [0.05, 0.1) is 5.02 Å². The molecule has 8 heteroatoms. The molecule has 0 saturated carbocycles. The number of carbonyl (C=O) groups excluding carboxylic acids is 1. The van der Waals surface area contributed by atoms with E-state index in [2.05, 4.69) is 22.2 Å². The quantitative estimate of drug-likeness (QED) is 0.512. The Hall–Kier alpha value is -2.87. The number of ether oxygens (including phenoxy) is 1. The van der Waals surface area contributed by atoms with Gasteiger partial charge in [0, 0.05) is 36.4 Å². The number of hydrogen-bond donors (Lipinski definition) is 2. The molecule has 1 saturated heterocycles. The molecule has 1 fully saturated rings. The molecule has 172 valence electrons. The molecule has 0 aromatic heterocycles. The van der Waals surface area contributed by atoms with Crippen molar-refractivity contribution in [3.63, 3.8) is 0 Å². The summed E-state index contributed by atoms with van der Waals surface area (Å²) in [4.78, 5) is 12.9. The summed E-state index contributed by atoms with van der Waals surface area (Å²) in [7, 11) is -3.97. The van der Waals surface area contributed by atoms with Crippen LogP contribution in [-0.4, -0.2) is 34.1 Å². The van der Waals surface area contributed by atoms with Crippen LogP contribution in [0.2, 0.25) is 5.02 Å². The Morgan fingerprint density at radius 1 is 0.939 bits per heavy atom. The smallest absolute Gasteiger partial charge is 0.263 e. The van der Waals surface area contributed by atoms with Crippen molar-refractivity contribution in [2.24, 2.45) is 0 Å². The summed E-state index contributed by atoms with van der Waals surface area (Å²) in [5.74, 6) is -0.357. The summed E-state index contributed by atoms with van der Waals surface area (Å²) < 4.78 is 33.8. The van der Waals surface area contributed by atoms with E-state index in [1.54, 1.807) is 30.3 Å². The number of sulfonamides is 1. The van der Waals surface area contributed by atoms with Crippen molar-refractivity contribution >= 4 is 33.2 Å². The van der Waals surface area contributed by atoms with Crippen LogP contribution in [-0.2, 0) is 20.2 Å². The van der Waals surface area contributed by atoms with Crippen LogP contribution in [0.4, 0.5) is 5.69 Å². The van der Waals surface area contributed by atoms with Gasteiger partial charge in [-0.1, -0.05) is 60.1 Å². The molecule has 0 aliphatic carbocycles. The fourth-order valence-electron chi connectivity index (χ4n) is 4.04. The van der Waals surface area contributed by atoms with E-state index in [1.807, 2.05) is 18.2 Å². The second kappa shape index (κ2) is 9.95. The van der Waals surface area contributed by atoms with Crippen LogP contribution >= 0.6 is 11.6 Å². The van der Waals surface area contributed by atoms with Gasteiger partial charge >= 0.3 is 0 Å². The first kappa shape index (κ1) is 23.3. The van der Waals surface area contributed by atoms with Gasteiger partial charge in [0.2, 0.25) is 0 Å². The molecule has 0 radical (unpaired) electrons. The van der Waals surface area contributed by atoms with Crippen LogP contribution in [0.1, 0.15) is 28.8 Å². The summed E-state index contributed by atoms with van der Waals surface area (Å²) >= 11 is 6.19. The van der Waals surface area contributed by atoms with Crippen LogP contribution < -0.4 is 10.0 Å². The van der Waals surface area contributed by atoms with Crippen LogP contribution in [0.5, 0.6) is 0 Å². The molecule has 3 aromatic rings. The van der Waals surface area contributed by atoms with E-state index in [-0.39, 0.29) is 26.8 Å². The van der Waals surface area contributed by atoms with E-state index in [0.29, 0.717) is 25.4 Å². The topological polar surface area (TPSA) is 84.5 Å². The zero-order chi connectivity index (χ0) is 23.3. The maximum absolute atomic E-state index is 13.0. The first-order valence-electron chi connectivity index (χ1n) is 10.7. The fourth-order valence-corrected chi connectivity index (χ4v) is 5.63. The molecule has 33 heavy (non-hydrogen) atoms. The molecule has 2 N–H and O–H groups in total. The predicted octanol–water partition coefficient (Wildman–Crippen LogP) is 4.62. The Morgan fingerprint density at radius 3 is 2.24 bits per heavy atom. The van der Waals surface area contributed by atoms with Gasteiger partial charge in [-0.2, -0.15) is 0 Å². The van der Waals surface area contributed by atoms with E-state index in [4.69, 9.17) is 16.3 Å².